The normalized spacial score (nSPS) is 15.8. The fourth-order valence-electron chi connectivity index (χ4n) is 8.45. The van der Waals surface area contributed by atoms with Gasteiger partial charge in [0.25, 0.3) is 0 Å². The van der Waals surface area contributed by atoms with Gasteiger partial charge in [-0.1, -0.05) is 133 Å². The van der Waals surface area contributed by atoms with E-state index in [9.17, 15) is 0 Å². The van der Waals surface area contributed by atoms with Gasteiger partial charge >= 0.3 is 0 Å². The first kappa shape index (κ1) is 28.3. The van der Waals surface area contributed by atoms with Crippen LogP contribution < -0.4 is 15.8 Å². The molecule has 1 N–H and O–H groups in total. The summed E-state index contributed by atoms with van der Waals surface area (Å²) in [7, 11) is 0. The van der Waals surface area contributed by atoms with Gasteiger partial charge in [-0.25, -0.2) is 9.98 Å². The summed E-state index contributed by atoms with van der Waals surface area (Å²) in [5.41, 5.74) is 7.34. The second-order valence-electron chi connectivity index (χ2n) is 13.6. The summed E-state index contributed by atoms with van der Waals surface area (Å²) < 4.78 is 6.88. The maximum atomic E-state index is 6.88. The van der Waals surface area contributed by atoms with Crippen LogP contribution in [0.2, 0.25) is 0 Å². The topological polar surface area (TPSA) is 49.9 Å². The van der Waals surface area contributed by atoms with Gasteiger partial charge in [0.05, 0.1) is 0 Å². The van der Waals surface area contributed by atoms with E-state index in [1.807, 2.05) is 24.3 Å². The van der Waals surface area contributed by atoms with Gasteiger partial charge in [0.1, 0.15) is 23.2 Å². The van der Waals surface area contributed by atoms with Gasteiger partial charge in [-0.05, 0) is 85.1 Å². The molecule has 4 nitrogen and oxygen atoms in total. The number of rotatable bonds is 4. The van der Waals surface area contributed by atoms with E-state index in [1.165, 1.54) is 37.4 Å². The molecule has 4 heteroatoms. The Hall–Kier alpha value is -6.52. The third-order valence-corrected chi connectivity index (χ3v) is 10.7. The first-order valence-electron chi connectivity index (χ1n) is 17.7. The molecule has 1 unspecified atom stereocenters. The zero-order valence-corrected chi connectivity index (χ0v) is 27.7. The quantitative estimate of drug-likeness (QED) is 0.152. The molecule has 0 saturated carbocycles. The SMILES string of the molecule is C1=c2c(c3cc4cccc(-c5ccc(C6=NC(c7ccccc7)NC(c7ccccc7)=N6)c6ccccc56)c4c4oc5cccc2c5c34)=CCC1. The molecule has 0 radical (unpaired) electrons. The highest BCUT2D eigenvalue weighted by Gasteiger charge is 2.24. The van der Waals surface area contributed by atoms with E-state index >= 15 is 0 Å². The predicted octanol–water partition coefficient (Wildman–Crippen LogP) is 10.0. The lowest BCUT2D eigenvalue weighted by Gasteiger charge is -2.24. The van der Waals surface area contributed by atoms with E-state index in [2.05, 4.69) is 133 Å². The van der Waals surface area contributed by atoms with Crippen molar-refractivity contribution in [3.63, 3.8) is 0 Å². The standard InChI is InChI=1S/C47H31N3O/c1-3-13-28(14-4-1)45-48-46(29-15-5-2-6-16-29)50-47(49-45)38-26-25-35(31-18-7-9-20-33(31)38)36-22-11-17-30-27-39-34-21-10-8-19-32(34)37-23-12-24-40-42(37)43(39)44(51-40)41(30)36/h1-7,9,11-27,45H,8,10H2,(H,48,49,50). The second kappa shape index (κ2) is 11.0. The van der Waals surface area contributed by atoms with Crippen molar-refractivity contribution in [1.82, 2.24) is 5.32 Å². The van der Waals surface area contributed by atoms with Crippen LogP contribution in [-0.2, 0) is 0 Å². The third-order valence-electron chi connectivity index (χ3n) is 10.7. The molecule has 240 valence electrons. The number of amidine groups is 2. The number of fused-ring (bicyclic) bond motifs is 6. The summed E-state index contributed by atoms with van der Waals surface area (Å²) in [4.78, 5) is 10.4. The number of hydrogen-bond donors (Lipinski definition) is 1. The minimum Gasteiger partial charge on any atom is -0.455 e. The van der Waals surface area contributed by atoms with E-state index in [1.54, 1.807) is 0 Å². The average Bonchev–Trinajstić information content (AvgIpc) is 3.61. The van der Waals surface area contributed by atoms with Gasteiger partial charge in [0.15, 0.2) is 5.84 Å². The molecular formula is C47H31N3O. The second-order valence-corrected chi connectivity index (χ2v) is 13.6. The molecule has 2 heterocycles. The number of hydrogen-bond acceptors (Lipinski definition) is 4. The Bertz CT molecular complexity index is 3050. The van der Waals surface area contributed by atoms with Crippen LogP contribution in [0.15, 0.2) is 154 Å². The van der Waals surface area contributed by atoms with Crippen LogP contribution in [0.25, 0.3) is 77.5 Å². The van der Waals surface area contributed by atoms with E-state index in [0.717, 1.165) is 73.8 Å². The van der Waals surface area contributed by atoms with Crippen molar-refractivity contribution >= 4 is 78.1 Å². The number of nitrogens with one attached hydrogen (secondary N) is 1. The Balaban J connectivity index is 1.16. The molecule has 2 aliphatic rings. The Labute approximate surface area is 293 Å². The van der Waals surface area contributed by atoms with Gasteiger partial charge in [0, 0.05) is 27.3 Å². The van der Waals surface area contributed by atoms with Crippen LogP contribution in [-0.4, -0.2) is 11.7 Å². The molecule has 0 spiro atoms. The molecule has 0 bridgehead atoms. The molecule has 9 aromatic rings. The lowest BCUT2D eigenvalue weighted by Crippen LogP contribution is -2.33. The van der Waals surface area contributed by atoms with Crippen LogP contribution in [0.5, 0.6) is 0 Å². The van der Waals surface area contributed by atoms with Crippen molar-refractivity contribution in [2.24, 2.45) is 9.98 Å². The van der Waals surface area contributed by atoms with Crippen molar-refractivity contribution in [3.05, 3.63) is 167 Å². The van der Waals surface area contributed by atoms with Crippen LogP contribution in [0.1, 0.15) is 35.7 Å². The molecule has 1 aliphatic heterocycles. The lowest BCUT2D eigenvalue weighted by molar-refractivity contribution is 0.673. The van der Waals surface area contributed by atoms with Crippen LogP contribution >= 0.6 is 0 Å². The number of furan rings is 1. The van der Waals surface area contributed by atoms with E-state index in [-0.39, 0.29) is 6.17 Å². The Morgan fingerprint density at radius 1 is 0.549 bits per heavy atom. The molecule has 11 rings (SSSR count). The zero-order chi connectivity index (χ0) is 33.5. The Morgan fingerprint density at radius 2 is 1.24 bits per heavy atom. The Morgan fingerprint density at radius 3 is 2.06 bits per heavy atom. The van der Waals surface area contributed by atoms with Crippen molar-refractivity contribution in [2.45, 2.75) is 19.0 Å². The summed E-state index contributed by atoms with van der Waals surface area (Å²) in [6.07, 6.45) is 6.69. The van der Waals surface area contributed by atoms with Crippen LogP contribution in [0.4, 0.5) is 0 Å². The fraction of sp³-hybridized carbons (Fsp3) is 0.0638. The summed E-state index contributed by atoms with van der Waals surface area (Å²) in [5, 5.41) is 15.9. The van der Waals surface area contributed by atoms with Crippen LogP contribution in [0, 0.1) is 0 Å². The molecule has 8 aromatic carbocycles. The first-order valence-corrected chi connectivity index (χ1v) is 17.7. The molecule has 0 amide bonds. The van der Waals surface area contributed by atoms with Gasteiger partial charge in [0.2, 0.25) is 0 Å². The van der Waals surface area contributed by atoms with Crippen molar-refractivity contribution < 1.29 is 4.42 Å². The Kier molecular flexibility index (Phi) is 6.11. The van der Waals surface area contributed by atoms with E-state index in [4.69, 9.17) is 14.4 Å². The largest absolute Gasteiger partial charge is 0.455 e. The fourth-order valence-corrected chi connectivity index (χ4v) is 8.45. The van der Waals surface area contributed by atoms with E-state index in [0.29, 0.717) is 5.84 Å². The smallest absolute Gasteiger partial charge is 0.160 e. The number of nitrogens with zero attached hydrogens (tertiary/aromatic N) is 2. The highest BCUT2D eigenvalue weighted by Crippen LogP contribution is 2.44. The monoisotopic (exact) mass is 653 g/mol. The van der Waals surface area contributed by atoms with E-state index < -0.39 is 0 Å². The highest BCUT2D eigenvalue weighted by molar-refractivity contribution is 6.30. The van der Waals surface area contributed by atoms with Crippen molar-refractivity contribution in [3.8, 4) is 11.1 Å². The summed E-state index contributed by atoms with van der Waals surface area (Å²) in [5.74, 6) is 1.53. The minimum atomic E-state index is -0.265. The minimum absolute atomic E-state index is 0.265. The zero-order valence-electron chi connectivity index (χ0n) is 27.7. The highest BCUT2D eigenvalue weighted by atomic mass is 16.3. The predicted molar refractivity (Wildman–Crippen MR) is 212 cm³/mol. The molecule has 1 aliphatic carbocycles. The third kappa shape index (κ3) is 4.26. The molecule has 0 fully saturated rings. The average molecular weight is 654 g/mol. The number of benzene rings is 8. The summed E-state index contributed by atoms with van der Waals surface area (Å²) >= 11 is 0. The maximum absolute atomic E-state index is 6.88. The molecule has 0 saturated heterocycles. The van der Waals surface area contributed by atoms with Crippen molar-refractivity contribution in [1.29, 1.82) is 0 Å². The lowest BCUT2D eigenvalue weighted by atomic mass is 9.88. The first-order chi connectivity index (χ1) is 25.3. The molecule has 51 heavy (non-hydrogen) atoms. The van der Waals surface area contributed by atoms with Crippen molar-refractivity contribution in [2.75, 3.05) is 0 Å². The summed E-state index contributed by atoms with van der Waals surface area (Å²) in [6.45, 7) is 0. The van der Waals surface area contributed by atoms with Gasteiger partial charge in [-0.2, -0.15) is 0 Å². The molecule has 1 atom stereocenters. The van der Waals surface area contributed by atoms with Gasteiger partial charge < -0.3 is 9.73 Å². The molecular weight excluding hydrogens is 623 g/mol. The van der Waals surface area contributed by atoms with Gasteiger partial charge in [-0.15, -0.1) is 0 Å². The maximum Gasteiger partial charge on any atom is 0.160 e. The van der Waals surface area contributed by atoms with Crippen LogP contribution in [0.3, 0.4) is 0 Å². The number of aliphatic imine (C=N–C) groups is 2. The summed E-state index contributed by atoms with van der Waals surface area (Å²) in [6, 6.07) is 49.3. The molecule has 1 aromatic heterocycles. The van der Waals surface area contributed by atoms with Gasteiger partial charge in [-0.3, -0.25) is 0 Å².